The van der Waals surface area contributed by atoms with Gasteiger partial charge in [0.15, 0.2) is 5.82 Å². The van der Waals surface area contributed by atoms with Gasteiger partial charge >= 0.3 is 0 Å². The van der Waals surface area contributed by atoms with Crippen LogP contribution in [0, 0.1) is 6.92 Å². The van der Waals surface area contributed by atoms with Crippen molar-refractivity contribution < 1.29 is 0 Å². The quantitative estimate of drug-likeness (QED) is 0.708. The van der Waals surface area contributed by atoms with Gasteiger partial charge in [0.2, 0.25) is 3.79 Å². The maximum Gasteiger partial charge on any atom is 0.250 e. The molecule has 1 rings (SSSR count). The Balaban J connectivity index is 3.16. The summed E-state index contributed by atoms with van der Waals surface area (Å²) in [5.41, 5.74) is 0. The van der Waals surface area contributed by atoms with Gasteiger partial charge in [-0.3, -0.25) is 0 Å². The summed E-state index contributed by atoms with van der Waals surface area (Å²) < 4.78 is -1.57. The monoisotopic (exact) mass is 239 g/mol. The molecule has 0 N–H and O–H groups in total. The highest BCUT2D eigenvalue weighted by Crippen LogP contribution is 2.35. The summed E-state index contributed by atoms with van der Waals surface area (Å²) >= 11 is 16.9. The van der Waals surface area contributed by atoms with Gasteiger partial charge in [-0.1, -0.05) is 41.7 Å². The predicted molar refractivity (Wildman–Crippen MR) is 53.2 cm³/mol. The summed E-state index contributed by atoms with van der Waals surface area (Å²) in [6.45, 7) is 3.66. The number of alkyl halides is 3. The Morgan fingerprint density at radius 1 is 1.15 bits per heavy atom. The van der Waals surface area contributed by atoms with Crippen molar-refractivity contribution in [3.63, 3.8) is 0 Å². The first-order chi connectivity index (χ1) is 5.93. The van der Waals surface area contributed by atoms with E-state index < -0.39 is 3.79 Å². The molecule has 3 nitrogen and oxygen atoms in total. The van der Waals surface area contributed by atoms with Crippen LogP contribution in [0.2, 0.25) is 0 Å². The molecule has 0 saturated heterocycles. The maximum atomic E-state index is 5.64. The van der Waals surface area contributed by atoms with E-state index in [1.54, 1.807) is 6.92 Å². The van der Waals surface area contributed by atoms with E-state index in [1.165, 1.54) is 0 Å². The van der Waals surface area contributed by atoms with E-state index >= 15 is 0 Å². The van der Waals surface area contributed by atoms with Gasteiger partial charge in [-0.25, -0.2) is 15.0 Å². The lowest BCUT2D eigenvalue weighted by atomic mass is 10.4. The molecule has 0 fully saturated rings. The van der Waals surface area contributed by atoms with Gasteiger partial charge in [0.05, 0.1) is 0 Å². The number of halogens is 3. The van der Waals surface area contributed by atoms with E-state index in [-0.39, 0.29) is 5.82 Å². The van der Waals surface area contributed by atoms with Crippen molar-refractivity contribution in [2.45, 2.75) is 24.1 Å². The molecule has 0 atom stereocenters. The van der Waals surface area contributed by atoms with Crippen molar-refractivity contribution >= 4 is 34.8 Å². The topological polar surface area (TPSA) is 38.7 Å². The second kappa shape index (κ2) is 3.95. The second-order valence-electron chi connectivity index (χ2n) is 2.47. The van der Waals surface area contributed by atoms with Crippen molar-refractivity contribution in [3.05, 3.63) is 17.5 Å². The highest BCUT2D eigenvalue weighted by molar-refractivity contribution is 6.66. The highest BCUT2D eigenvalue weighted by Gasteiger charge is 2.27. The molecule has 1 aromatic rings. The van der Waals surface area contributed by atoms with Gasteiger partial charge in [0.1, 0.15) is 11.6 Å². The normalized spacial score (nSPS) is 11.8. The molecule has 0 saturated carbocycles. The molecule has 0 amide bonds. The smallest absolute Gasteiger partial charge is 0.218 e. The second-order valence-corrected chi connectivity index (χ2v) is 4.76. The predicted octanol–water partition coefficient (Wildman–Crippen LogP) is 2.57. The number of hydrogen-bond donors (Lipinski definition) is 0. The molecular formula is C7H8Cl3N3. The van der Waals surface area contributed by atoms with Crippen LogP contribution in [0.1, 0.15) is 24.4 Å². The molecule has 13 heavy (non-hydrogen) atoms. The van der Waals surface area contributed by atoms with Gasteiger partial charge < -0.3 is 0 Å². The van der Waals surface area contributed by atoms with E-state index in [0.29, 0.717) is 18.1 Å². The van der Waals surface area contributed by atoms with E-state index in [9.17, 15) is 0 Å². The summed E-state index contributed by atoms with van der Waals surface area (Å²) in [4.78, 5) is 12.0. The summed E-state index contributed by atoms with van der Waals surface area (Å²) in [7, 11) is 0. The Morgan fingerprint density at radius 2 is 1.77 bits per heavy atom. The molecule has 0 aliphatic heterocycles. The lowest BCUT2D eigenvalue weighted by molar-refractivity contribution is 0.805. The van der Waals surface area contributed by atoms with Crippen LogP contribution in [-0.4, -0.2) is 15.0 Å². The molecule has 0 aliphatic carbocycles. The van der Waals surface area contributed by atoms with Gasteiger partial charge in [-0.15, -0.1) is 0 Å². The number of aryl methyl sites for hydroxylation is 2. The Morgan fingerprint density at radius 3 is 2.23 bits per heavy atom. The summed E-state index contributed by atoms with van der Waals surface area (Å²) in [6, 6.07) is 0. The Labute approximate surface area is 91.5 Å². The number of hydrogen-bond acceptors (Lipinski definition) is 3. The first-order valence-corrected chi connectivity index (χ1v) is 4.85. The zero-order valence-electron chi connectivity index (χ0n) is 7.18. The molecule has 0 aliphatic rings. The third-order valence-corrected chi connectivity index (χ3v) is 1.87. The summed E-state index contributed by atoms with van der Waals surface area (Å²) in [6.07, 6.45) is 0.692. The summed E-state index contributed by atoms with van der Waals surface area (Å²) in [5.74, 6) is 1.38. The standard InChI is InChI=1S/C7H8Cl3N3/c1-3-5-11-4(2)12-6(13-5)7(8,9)10/h3H2,1-2H3. The van der Waals surface area contributed by atoms with Crippen molar-refractivity contribution in [1.82, 2.24) is 15.0 Å². The van der Waals surface area contributed by atoms with Gasteiger partial charge in [0, 0.05) is 6.42 Å². The molecule has 6 heteroatoms. The lowest BCUT2D eigenvalue weighted by Gasteiger charge is -2.09. The fraction of sp³-hybridized carbons (Fsp3) is 0.571. The number of rotatable bonds is 1. The molecule has 0 radical (unpaired) electrons. The molecule has 1 aromatic heterocycles. The van der Waals surface area contributed by atoms with Crippen LogP contribution in [0.5, 0.6) is 0 Å². The first-order valence-electron chi connectivity index (χ1n) is 3.72. The SMILES string of the molecule is CCc1nc(C)nc(C(Cl)(Cl)Cl)n1. The molecule has 0 spiro atoms. The van der Waals surface area contributed by atoms with Crippen LogP contribution in [0.3, 0.4) is 0 Å². The molecule has 72 valence electrons. The van der Waals surface area contributed by atoms with Crippen LogP contribution < -0.4 is 0 Å². The molecule has 0 unspecified atom stereocenters. The third kappa shape index (κ3) is 2.93. The molecule has 1 heterocycles. The van der Waals surface area contributed by atoms with Crippen LogP contribution >= 0.6 is 34.8 Å². The number of nitrogens with zero attached hydrogens (tertiary/aromatic N) is 3. The fourth-order valence-corrected chi connectivity index (χ4v) is 1.08. The average Bonchev–Trinajstić information content (AvgIpc) is 2.01. The minimum Gasteiger partial charge on any atom is -0.218 e. The van der Waals surface area contributed by atoms with Crippen LogP contribution in [0.25, 0.3) is 0 Å². The Bertz CT molecular complexity index is 308. The zero-order chi connectivity index (χ0) is 10.1. The molecular weight excluding hydrogens is 232 g/mol. The van der Waals surface area contributed by atoms with Gasteiger partial charge in [-0.05, 0) is 6.92 Å². The lowest BCUT2D eigenvalue weighted by Crippen LogP contribution is -2.12. The van der Waals surface area contributed by atoms with E-state index in [2.05, 4.69) is 15.0 Å². The first kappa shape index (κ1) is 11.0. The van der Waals surface area contributed by atoms with Crippen LogP contribution in [0.15, 0.2) is 0 Å². The van der Waals surface area contributed by atoms with Crippen molar-refractivity contribution in [1.29, 1.82) is 0 Å². The van der Waals surface area contributed by atoms with Crippen molar-refractivity contribution in [2.75, 3.05) is 0 Å². The average molecular weight is 241 g/mol. The highest BCUT2D eigenvalue weighted by atomic mass is 35.6. The largest absolute Gasteiger partial charge is 0.250 e. The van der Waals surface area contributed by atoms with E-state index in [1.807, 2.05) is 6.92 Å². The van der Waals surface area contributed by atoms with E-state index in [4.69, 9.17) is 34.8 Å². The zero-order valence-corrected chi connectivity index (χ0v) is 9.45. The third-order valence-electron chi connectivity index (χ3n) is 1.36. The van der Waals surface area contributed by atoms with Crippen molar-refractivity contribution in [3.8, 4) is 0 Å². The minimum absolute atomic E-state index is 0.182. The van der Waals surface area contributed by atoms with Gasteiger partial charge in [-0.2, -0.15) is 0 Å². The Hall–Kier alpha value is -0.120. The van der Waals surface area contributed by atoms with Crippen LogP contribution in [0.4, 0.5) is 0 Å². The summed E-state index contributed by atoms with van der Waals surface area (Å²) in [5, 5.41) is 0. The van der Waals surface area contributed by atoms with Crippen LogP contribution in [-0.2, 0) is 10.2 Å². The van der Waals surface area contributed by atoms with Crippen molar-refractivity contribution in [2.24, 2.45) is 0 Å². The Kier molecular flexibility index (Phi) is 3.33. The molecule has 0 bridgehead atoms. The molecule has 0 aromatic carbocycles. The maximum absolute atomic E-state index is 5.64. The fourth-order valence-electron chi connectivity index (χ4n) is 0.822. The van der Waals surface area contributed by atoms with E-state index in [0.717, 1.165) is 0 Å². The minimum atomic E-state index is -1.57. The van der Waals surface area contributed by atoms with Gasteiger partial charge in [0.25, 0.3) is 0 Å². The number of aromatic nitrogens is 3.